The second-order valence-corrected chi connectivity index (χ2v) is 7.62. The minimum Gasteiger partial charge on any atom is -0.398 e. The SMILES string of the molecule is Cc1c(N2CCC([C@H](C)N)C2)c(F)cc2c(N)cc(=O)n(C3CC3)c12. The molecule has 6 heteroatoms. The smallest absolute Gasteiger partial charge is 0.253 e. The van der Waals surface area contributed by atoms with Crippen molar-refractivity contribution in [2.75, 3.05) is 23.7 Å². The van der Waals surface area contributed by atoms with Crippen LogP contribution in [0, 0.1) is 18.7 Å². The highest BCUT2D eigenvalue weighted by atomic mass is 19.1. The van der Waals surface area contributed by atoms with E-state index in [-0.39, 0.29) is 23.5 Å². The van der Waals surface area contributed by atoms with E-state index in [1.807, 2.05) is 18.4 Å². The molecule has 25 heavy (non-hydrogen) atoms. The number of halogens is 1. The van der Waals surface area contributed by atoms with E-state index in [0.29, 0.717) is 22.7 Å². The lowest BCUT2D eigenvalue weighted by Gasteiger charge is -2.25. The number of benzene rings is 1. The van der Waals surface area contributed by atoms with Crippen molar-refractivity contribution < 1.29 is 4.39 Å². The number of aromatic nitrogens is 1. The van der Waals surface area contributed by atoms with Gasteiger partial charge in [-0.3, -0.25) is 4.79 Å². The van der Waals surface area contributed by atoms with Gasteiger partial charge in [0.05, 0.1) is 11.2 Å². The first-order valence-corrected chi connectivity index (χ1v) is 9.02. The average molecular weight is 344 g/mol. The molecule has 2 fully saturated rings. The molecule has 0 amide bonds. The van der Waals surface area contributed by atoms with Gasteiger partial charge in [-0.25, -0.2) is 4.39 Å². The summed E-state index contributed by atoms with van der Waals surface area (Å²) in [5, 5.41) is 0.633. The van der Waals surface area contributed by atoms with Crippen molar-refractivity contribution in [2.45, 2.75) is 45.2 Å². The van der Waals surface area contributed by atoms with Gasteiger partial charge < -0.3 is 20.9 Å². The second-order valence-electron chi connectivity index (χ2n) is 7.62. The Bertz CT molecular complexity index is 901. The van der Waals surface area contributed by atoms with Gasteiger partial charge in [0.2, 0.25) is 0 Å². The number of nitrogen functional groups attached to an aromatic ring is 1. The molecule has 0 radical (unpaired) electrons. The molecular formula is C19H25FN4O. The molecule has 1 aromatic carbocycles. The fourth-order valence-corrected chi connectivity index (χ4v) is 4.18. The molecule has 1 aliphatic heterocycles. The van der Waals surface area contributed by atoms with E-state index >= 15 is 0 Å². The maximum Gasteiger partial charge on any atom is 0.253 e. The highest BCUT2D eigenvalue weighted by Gasteiger charge is 2.31. The molecule has 2 aliphatic rings. The summed E-state index contributed by atoms with van der Waals surface area (Å²) in [6.45, 7) is 5.43. The first-order valence-electron chi connectivity index (χ1n) is 9.02. The number of rotatable bonds is 3. The number of fused-ring (bicyclic) bond motifs is 1. The van der Waals surface area contributed by atoms with Crippen LogP contribution in [0.25, 0.3) is 10.9 Å². The number of hydrogen-bond donors (Lipinski definition) is 2. The van der Waals surface area contributed by atoms with Crippen LogP contribution in [0.5, 0.6) is 0 Å². The number of hydrogen-bond acceptors (Lipinski definition) is 4. The zero-order valence-electron chi connectivity index (χ0n) is 14.8. The molecule has 1 unspecified atom stereocenters. The van der Waals surface area contributed by atoms with Crippen LogP contribution in [0.15, 0.2) is 16.9 Å². The van der Waals surface area contributed by atoms with Gasteiger partial charge in [-0.05, 0) is 50.7 Å². The summed E-state index contributed by atoms with van der Waals surface area (Å²) >= 11 is 0. The lowest BCUT2D eigenvalue weighted by Crippen LogP contribution is -2.30. The predicted molar refractivity (Wildman–Crippen MR) is 99.6 cm³/mol. The summed E-state index contributed by atoms with van der Waals surface area (Å²) in [6.07, 6.45) is 2.93. The maximum absolute atomic E-state index is 15.0. The summed E-state index contributed by atoms with van der Waals surface area (Å²) in [5.41, 5.74) is 14.5. The number of nitrogens with two attached hydrogens (primary N) is 2. The fraction of sp³-hybridized carbons (Fsp3) is 0.526. The molecule has 2 atom stereocenters. The van der Waals surface area contributed by atoms with Gasteiger partial charge in [0.15, 0.2) is 0 Å². The Kier molecular flexibility index (Phi) is 3.76. The molecule has 0 bridgehead atoms. The van der Waals surface area contributed by atoms with E-state index in [1.165, 1.54) is 12.1 Å². The van der Waals surface area contributed by atoms with Gasteiger partial charge >= 0.3 is 0 Å². The summed E-state index contributed by atoms with van der Waals surface area (Å²) < 4.78 is 16.8. The van der Waals surface area contributed by atoms with Crippen LogP contribution in [0.4, 0.5) is 15.8 Å². The quantitative estimate of drug-likeness (QED) is 0.897. The van der Waals surface area contributed by atoms with Gasteiger partial charge in [-0.1, -0.05) is 0 Å². The van der Waals surface area contributed by atoms with E-state index in [4.69, 9.17) is 11.5 Å². The molecule has 2 heterocycles. The van der Waals surface area contributed by atoms with Crippen molar-refractivity contribution in [3.8, 4) is 0 Å². The van der Waals surface area contributed by atoms with E-state index in [2.05, 4.69) is 4.90 Å². The van der Waals surface area contributed by atoms with Crippen molar-refractivity contribution in [2.24, 2.45) is 11.7 Å². The normalized spacial score (nSPS) is 21.9. The summed E-state index contributed by atoms with van der Waals surface area (Å²) in [5.74, 6) is 0.0870. The second kappa shape index (κ2) is 5.73. The summed E-state index contributed by atoms with van der Waals surface area (Å²) in [6, 6.07) is 3.21. The Labute approximate surface area is 146 Å². The Hall–Kier alpha value is -2.08. The molecule has 1 saturated carbocycles. The van der Waals surface area contributed by atoms with E-state index in [9.17, 15) is 9.18 Å². The molecule has 4 N–H and O–H groups in total. The van der Waals surface area contributed by atoms with E-state index in [1.54, 1.807) is 0 Å². The molecule has 5 nitrogen and oxygen atoms in total. The number of pyridine rings is 1. The highest BCUT2D eigenvalue weighted by Crippen LogP contribution is 2.41. The van der Waals surface area contributed by atoms with Crippen molar-refractivity contribution in [1.29, 1.82) is 0 Å². The first kappa shape index (κ1) is 16.4. The van der Waals surface area contributed by atoms with Gasteiger partial charge in [0.25, 0.3) is 5.56 Å². The van der Waals surface area contributed by atoms with Crippen LogP contribution in [0.2, 0.25) is 0 Å². The number of aryl methyl sites for hydroxylation is 1. The predicted octanol–water partition coefficient (Wildman–Crippen LogP) is 2.54. The van der Waals surface area contributed by atoms with Gasteiger partial charge in [0, 0.05) is 42.3 Å². The largest absolute Gasteiger partial charge is 0.398 e. The first-order chi connectivity index (χ1) is 11.9. The standard InChI is InChI=1S/C19H25FN4O/c1-10-18-14(16(22)8-17(25)24(18)13-3-4-13)7-15(20)19(10)23-6-5-12(9-23)11(2)21/h7-8,11-13H,3-6,9,21-22H2,1-2H3/t11-,12?/m0/s1. The monoisotopic (exact) mass is 344 g/mol. The Balaban J connectivity index is 1.92. The van der Waals surface area contributed by atoms with Gasteiger partial charge in [-0.15, -0.1) is 0 Å². The maximum atomic E-state index is 15.0. The number of nitrogens with zero attached hydrogens (tertiary/aromatic N) is 2. The van der Waals surface area contributed by atoms with Crippen LogP contribution in [-0.2, 0) is 0 Å². The Morgan fingerprint density at radius 1 is 1.28 bits per heavy atom. The third kappa shape index (κ3) is 2.59. The highest BCUT2D eigenvalue weighted by molar-refractivity contribution is 5.95. The topological polar surface area (TPSA) is 77.3 Å². The molecule has 1 aliphatic carbocycles. The Morgan fingerprint density at radius 3 is 2.60 bits per heavy atom. The van der Waals surface area contributed by atoms with Crippen LogP contribution in [0.3, 0.4) is 0 Å². The third-order valence-corrected chi connectivity index (χ3v) is 5.73. The van der Waals surface area contributed by atoms with Crippen molar-refractivity contribution in [3.05, 3.63) is 33.9 Å². The Morgan fingerprint density at radius 2 is 2.00 bits per heavy atom. The van der Waals surface area contributed by atoms with Crippen LogP contribution >= 0.6 is 0 Å². The van der Waals surface area contributed by atoms with E-state index in [0.717, 1.165) is 43.4 Å². The minimum atomic E-state index is -0.275. The van der Waals surface area contributed by atoms with Crippen LogP contribution in [0.1, 0.15) is 37.8 Å². The molecule has 4 rings (SSSR count). The van der Waals surface area contributed by atoms with Crippen molar-refractivity contribution in [3.63, 3.8) is 0 Å². The molecule has 1 saturated heterocycles. The van der Waals surface area contributed by atoms with E-state index < -0.39 is 0 Å². The summed E-state index contributed by atoms with van der Waals surface area (Å²) in [7, 11) is 0. The van der Waals surface area contributed by atoms with Gasteiger partial charge in [0.1, 0.15) is 5.82 Å². The third-order valence-electron chi connectivity index (χ3n) is 5.73. The average Bonchev–Trinajstić information content (AvgIpc) is 3.25. The zero-order valence-corrected chi connectivity index (χ0v) is 14.8. The minimum absolute atomic E-state index is 0.0918. The summed E-state index contributed by atoms with van der Waals surface area (Å²) in [4.78, 5) is 14.6. The van der Waals surface area contributed by atoms with Crippen molar-refractivity contribution >= 4 is 22.3 Å². The van der Waals surface area contributed by atoms with Crippen LogP contribution in [-0.4, -0.2) is 23.7 Å². The number of anilines is 2. The lowest BCUT2D eigenvalue weighted by atomic mass is 10.0. The molecule has 134 valence electrons. The molecule has 0 spiro atoms. The lowest BCUT2D eigenvalue weighted by molar-refractivity contribution is 0.487. The molecule has 2 aromatic rings. The van der Waals surface area contributed by atoms with Crippen molar-refractivity contribution in [1.82, 2.24) is 4.57 Å². The zero-order chi connectivity index (χ0) is 17.9. The fourth-order valence-electron chi connectivity index (χ4n) is 4.18. The molecular weight excluding hydrogens is 319 g/mol. The van der Waals surface area contributed by atoms with Crippen LogP contribution < -0.4 is 21.9 Å². The van der Waals surface area contributed by atoms with Gasteiger partial charge in [-0.2, -0.15) is 0 Å². The molecule has 1 aromatic heterocycles.